The van der Waals surface area contributed by atoms with Gasteiger partial charge in [0.2, 0.25) is 0 Å². The summed E-state index contributed by atoms with van der Waals surface area (Å²) >= 11 is 3.74. The van der Waals surface area contributed by atoms with E-state index in [4.69, 9.17) is 0 Å². The van der Waals surface area contributed by atoms with E-state index in [0.29, 0.717) is 0 Å². The van der Waals surface area contributed by atoms with Crippen molar-refractivity contribution in [3.05, 3.63) is 224 Å². The number of hydrogen-bond acceptors (Lipinski definition) is 3. The Morgan fingerprint density at radius 1 is 0.262 bits per heavy atom. The van der Waals surface area contributed by atoms with Gasteiger partial charge in [0.1, 0.15) is 0 Å². The maximum atomic E-state index is 2.39. The summed E-state index contributed by atoms with van der Waals surface area (Å²) in [6.07, 6.45) is 0. The number of benzene rings is 10. The Balaban J connectivity index is 0.946. The van der Waals surface area contributed by atoms with Crippen molar-refractivity contribution in [2.45, 2.75) is 0 Å². The Bertz CT molecular complexity index is 3590. The van der Waals surface area contributed by atoms with E-state index in [9.17, 15) is 0 Å². The van der Waals surface area contributed by atoms with Gasteiger partial charge in [-0.15, -0.1) is 22.7 Å². The van der Waals surface area contributed by atoms with Crippen molar-refractivity contribution in [2.24, 2.45) is 0 Å². The molecule has 0 fully saturated rings. The highest BCUT2D eigenvalue weighted by molar-refractivity contribution is 7.26. The minimum Gasteiger partial charge on any atom is -0.310 e. The van der Waals surface area contributed by atoms with E-state index >= 15 is 0 Å². The highest BCUT2D eigenvalue weighted by Gasteiger charge is 2.17. The van der Waals surface area contributed by atoms with Gasteiger partial charge in [0, 0.05) is 57.4 Å². The molecule has 0 saturated heterocycles. The van der Waals surface area contributed by atoms with Crippen LogP contribution in [-0.4, -0.2) is 0 Å². The first-order valence-electron chi connectivity index (χ1n) is 20.7. The molecular weight excluding hydrogens is 775 g/mol. The van der Waals surface area contributed by atoms with Gasteiger partial charge in [0.05, 0.1) is 0 Å². The second kappa shape index (κ2) is 14.8. The quantitative estimate of drug-likeness (QED) is 0.155. The van der Waals surface area contributed by atoms with Crippen molar-refractivity contribution in [2.75, 3.05) is 4.90 Å². The number of thiophene rings is 2. The van der Waals surface area contributed by atoms with Gasteiger partial charge in [0.15, 0.2) is 0 Å². The van der Waals surface area contributed by atoms with E-state index in [1.807, 2.05) is 22.7 Å². The standard InChI is InChI=1S/C58H37NS2/c1-2-17-48-39(11-1)12-9-20-49(48)40-27-32-46(33-28-40)59(45-30-25-38(26-31-45)43-29-34-57-54(37-43)52-19-4-5-23-55(52)60-57)47-16-8-14-42(36-47)41-13-7-15-44(35-41)50-21-10-22-53-51-18-3-6-24-56(51)61-58(50)53/h1-37H. The smallest absolute Gasteiger partial charge is 0.0467 e. The van der Waals surface area contributed by atoms with Crippen LogP contribution in [0.3, 0.4) is 0 Å². The zero-order chi connectivity index (χ0) is 40.3. The molecule has 61 heavy (non-hydrogen) atoms. The normalized spacial score (nSPS) is 11.6. The molecule has 12 aromatic rings. The summed E-state index contributed by atoms with van der Waals surface area (Å²) in [5, 5.41) is 7.79. The summed E-state index contributed by atoms with van der Waals surface area (Å²) in [5.41, 5.74) is 13.0. The average molecular weight is 812 g/mol. The van der Waals surface area contributed by atoms with E-state index in [1.165, 1.54) is 95.6 Å². The minimum atomic E-state index is 1.10. The molecule has 0 saturated carbocycles. The zero-order valence-corrected chi connectivity index (χ0v) is 34.8. The third-order valence-electron chi connectivity index (χ3n) is 12.1. The SMILES string of the molecule is c1cc(-c2cccc(N(c3ccc(-c4ccc5sc6ccccc6c5c4)cc3)c3ccc(-c4cccc5ccccc45)cc3)c2)cc(-c2cccc3c2sc2ccccc23)c1. The summed E-state index contributed by atoms with van der Waals surface area (Å²) < 4.78 is 5.31. The second-order valence-corrected chi connectivity index (χ2v) is 17.8. The minimum absolute atomic E-state index is 1.10. The van der Waals surface area contributed by atoms with Gasteiger partial charge in [-0.1, -0.05) is 158 Å². The fourth-order valence-corrected chi connectivity index (χ4v) is 11.4. The van der Waals surface area contributed by atoms with E-state index in [2.05, 4.69) is 229 Å². The van der Waals surface area contributed by atoms with Crippen LogP contribution in [0.1, 0.15) is 0 Å². The van der Waals surface area contributed by atoms with Crippen molar-refractivity contribution in [3.63, 3.8) is 0 Å². The molecule has 10 aromatic carbocycles. The average Bonchev–Trinajstić information content (AvgIpc) is 3.90. The molecule has 286 valence electrons. The van der Waals surface area contributed by atoms with Crippen LogP contribution in [0.15, 0.2) is 224 Å². The number of hydrogen-bond donors (Lipinski definition) is 0. The van der Waals surface area contributed by atoms with Crippen LogP contribution in [-0.2, 0) is 0 Å². The third kappa shape index (κ3) is 6.29. The van der Waals surface area contributed by atoms with Gasteiger partial charge < -0.3 is 4.90 Å². The van der Waals surface area contributed by atoms with E-state index in [1.54, 1.807) is 0 Å². The molecule has 0 amide bonds. The molecular formula is C58H37NS2. The predicted molar refractivity (Wildman–Crippen MR) is 266 cm³/mol. The molecule has 12 rings (SSSR count). The maximum Gasteiger partial charge on any atom is 0.0467 e. The van der Waals surface area contributed by atoms with Gasteiger partial charge in [0.25, 0.3) is 0 Å². The largest absolute Gasteiger partial charge is 0.310 e. The Hall–Kier alpha value is -7.30. The molecule has 1 nitrogen and oxygen atoms in total. The first kappa shape index (κ1) is 35.6. The highest BCUT2D eigenvalue weighted by Crippen LogP contribution is 2.43. The molecule has 0 aliphatic heterocycles. The van der Waals surface area contributed by atoms with Crippen molar-refractivity contribution < 1.29 is 0 Å². The van der Waals surface area contributed by atoms with Gasteiger partial charge >= 0.3 is 0 Å². The van der Waals surface area contributed by atoms with Crippen LogP contribution in [0.4, 0.5) is 17.1 Å². The summed E-state index contributed by atoms with van der Waals surface area (Å²) in [6, 6.07) is 82.4. The van der Waals surface area contributed by atoms with Crippen molar-refractivity contribution in [1.29, 1.82) is 0 Å². The van der Waals surface area contributed by atoms with Gasteiger partial charge in [-0.2, -0.15) is 0 Å². The Morgan fingerprint density at radius 2 is 0.787 bits per heavy atom. The van der Waals surface area contributed by atoms with Crippen LogP contribution in [0.5, 0.6) is 0 Å². The molecule has 0 unspecified atom stereocenters. The topological polar surface area (TPSA) is 3.24 Å². The van der Waals surface area contributed by atoms with Crippen molar-refractivity contribution >= 4 is 90.9 Å². The summed E-state index contributed by atoms with van der Waals surface area (Å²) in [6.45, 7) is 0. The van der Waals surface area contributed by atoms with Crippen molar-refractivity contribution in [3.8, 4) is 44.5 Å². The lowest BCUT2D eigenvalue weighted by Gasteiger charge is -2.26. The Morgan fingerprint density at radius 3 is 1.59 bits per heavy atom. The lowest BCUT2D eigenvalue weighted by Crippen LogP contribution is -2.10. The third-order valence-corrected chi connectivity index (χ3v) is 14.4. The Labute approximate surface area is 362 Å². The summed E-state index contributed by atoms with van der Waals surface area (Å²) in [4.78, 5) is 2.39. The molecule has 2 aromatic heterocycles. The number of fused-ring (bicyclic) bond motifs is 7. The molecule has 3 heteroatoms. The number of nitrogens with zero attached hydrogens (tertiary/aromatic N) is 1. The first-order valence-corrected chi connectivity index (χ1v) is 22.4. The first-order chi connectivity index (χ1) is 30.2. The summed E-state index contributed by atoms with van der Waals surface area (Å²) in [5.74, 6) is 0. The molecule has 0 N–H and O–H groups in total. The number of rotatable bonds is 7. The summed E-state index contributed by atoms with van der Waals surface area (Å²) in [7, 11) is 0. The fourth-order valence-electron chi connectivity index (χ4n) is 9.09. The van der Waals surface area contributed by atoms with Crippen LogP contribution in [0.2, 0.25) is 0 Å². The van der Waals surface area contributed by atoms with Crippen LogP contribution >= 0.6 is 22.7 Å². The molecule has 0 radical (unpaired) electrons. The lowest BCUT2D eigenvalue weighted by molar-refractivity contribution is 1.28. The van der Waals surface area contributed by atoms with Gasteiger partial charge in [-0.3, -0.25) is 0 Å². The second-order valence-electron chi connectivity index (χ2n) is 15.7. The predicted octanol–water partition coefficient (Wildman–Crippen LogP) is 17.7. The van der Waals surface area contributed by atoms with Crippen molar-refractivity contribution in [1.82, 2.24) is 0 Å². The monoisotopic (exact) mass is 811 g/mol. The van der Waals surface area contributed by atoms with Crippen LogP contribution < -0.4 is 4.90 Å². The van der Waals surface area contributed by atoms with Crippen LogP contribution in [0, 0.1) is 0 Å². The van der Waals surface area contributed by atoms with Gasteiger partial charge in [-0.25, -0.2) is 0 Å². The molecule has 0 spiro atoms. The van der Waals surface area contributed by atoms with E-state index < -0.39 is 0 Å². The molecule has 2 heterocycles. The molecule has 0 atom stereocenters. The Kier molecular flexibility index (Phi) is 8.62. The molecule has 0 bridgehead atoms. The maximum absolute atomic E-state index is 2.39. The number of anilines is 3. The zero-order valence-electron chi connectivity index (χ0n) is 33.1. The highest BCUT2D eigenvalue weighted by atomic mass is 32.1. The van der Waals surface area contributed by atoms with Gasteiger partial charge in [-0.05, 0) is 122 Å². The van der Waals surface area contributed by atoms with Crippen LogP contribution in [0.25, 0.3) is 95.6 Å². The van der Waals surface area contributed by atoms with E-state index in [-0.39, 0.29) is 0 Å². The molecule has 0 aliphatic rings. The fraction of sp³-hybridized carbons (Fsp3) is 0. The van der Waals surface area contributed by atoms with E-state index in [0.717, 1.165) is 17.1 Å². The lowest BCUT2D eigenvalue weighted by atomic mass is 9.97. The molecule has 0 aliphatic carbocycles.